The Labute approximate surface area is 114 Å². The van der Waals surface area contributed by atoms with Crippen molar-refractivity contribution in [1.29, 1.82) is 0 Å². The molecule has 0 amide bonds. The van der Waals surface area contributed by atoms with Crippen LogP contribution in [0.5, 0.6) is 0 Å². The third-order valence-electron chi connectivity index (χ3n) is 3.79. The van der Waals surface area contributed by atoms with Crippen molar-refractivity contribution in [3.8, 4) is 0 Å². The largest absolute Gasteiger partial charge is 0.393 e. The second-order valence-electron chi connectivity index (χ2n) is 5.31. The van der Waals surface area contributed by atoms with Gasteiger partial charge in [0.25, 0.3) is 0 Å². The lowest BCUT2D eigenvalue weighted by molar-refractivity contribution is -0.192. The first-order valence-corrected chi connectivity index (χ1v) is 6.39. The molecule has 2 rings (SSSR count). The van der Waals surface area contributed by atoms with E-state index < -0.39 is 17.6 Å². The normalized spacial score (nSPS) is 23.8. The Morgan fingerprint density at radius 2 is 2.05 bits per heavy atom. The average Bonchev–Trinajstić information content (AvgIpc) is 2.57. The second kappa shape index (κ2) is 4.90. The van der Waals surface area contributed by atoms with Crippen LogP contribution in [0.2, 0.25) is 5.15 Å². The summed E-state index contributed by atoms with van der Waals surface area (Å²) in [6.45, 7) is 4.01. The highest BCUT2D eigenvalue weighted by Gasteiger charge is 2.54. The van der Waals surface area contributed by atoms with E-state index in [0.29, 0.717) is 18.8 Å². The van der Waals surface area contributed by atoms with Gasteiger partial charge in [-0.05, 0) is 38.9 Å². The molecule has 1 aliphatic heterocycles. The molecule has 0 saturated carbocycles. The van der Waals surface area contributed by atoms with E-state index in [1.807, 2.05) is 0 Å². The zero-order valence-electron chi connectivity index (χ0n) is 10.7. The van der Waals surface area contributed by atoms with Gasteiger partial charge >= 0.3 is 6.18 Å². The molecule has 2 heterocycles. The van der Waals surface area contributed by atoms with Gasteiger partial charge in [-0.25, -0.2) is 0 Å². The summed E-state index contributed by atoms with van der Waals surface area (Å²) in [5.41, 5.74) is -0.306. The smallest absolute Gasteiger partial charge is 0.292 e. The van der Waals surface area contributed by atoms with Crippen molar-refractivity contribution in [2.75, 3.05) is 6.54 Å². The maximum atomic E-state index is 12.9. The van der Waals surface area contributed by atoms with Crippen molar-refractivity contribution in [2.24, 2.45) is 5.92 Å². The van der Waals surface area contributed by atoms with Gasteiger partial charge in [0, 0.05) is 12.1 Å². The first-order valence-electron chi connectivity index (χ1n) is 6.01. The van der Waals surface area contributed by atoms with E-state index in [0.717, 1.165) is 0 Å². The molecule has 19 heavy (non-hydrogen) atoms. The molecule has 0 bridgehead atoms. The molecule has 0 radical (unpaired) electrons. The fourth-order valence-electron chi connectivity index (χ4n) is 2.62. The van der Waals surface area contributed by atoms with Gasteiger partial charge in [-0.15, -0.1) is 5.10 Å². The summed E-state index contributed by atoms with van der Waals surface area (Å²) < 4.78 is 38.8. The predicted octanol–water partition coefficient (Wildman–Crippen LogP) is 3.29. The average molecular weight is 294 g/mol. The Morgan fingerprint density at radius 1 is 1.37 bits per heavy atom. The standard InChI is InChI=1S/C12H15ClF3N3/c1-11(2)9(12(14,15)16)5-6-19(11)7-8-3-4-10(13)18-17-8/h3-4,9H,5-7H2,1-2H3. The molecule has 1 aromatic rings. The Kier molecular flexibility index (Phi) is 3.75. The highest BCUT2D eigenvalue weighted by atomic mass is 35.5. The highest BCUT2D eigenvalue weighted by Crippen LogP contribution is 2.45. The molecule has 0 spiro atoms. The van der Waals surface area contributed by atoms with Crippen LogP contribution in [0.15, 0.2) is 12.1 Å². The molecule has 7 heteroatoms. The van der Waals surface area contributed by atoms with Crippen LogP contribution in [0.3, 0.4) is 0 Å². The number of halogens is 4. The first-order chi connectivity index (χ1) is 8.71. The maximum Gasteiger partial charge on any atom is 0.393 e. The minimum atomic E-state index is -4.16. The second-order valence-corrected chi connectivity index (χ2v) is 5.69. The Balaban J connectivity index is 2.12. The van der Waals surface area contributed by atoms with Crippen LogP contribution in [0.25, 0.3) is 0 Å². The molecular formula is C12H15ClF3N3. The Bertz CT molecular complexity index is 445. The molecule has 0 aliphatic carbocycles. The van der Waals surface area contributed by atoms with E-state index in [2.05, 4.69) is 10.2 Å². The van der Waals surface area contributed by atoms with Crippen molar-refractivity contribution in [3.63, 3.8) is 0 Å². The van der Waals surface area contributed by atoms with Crippen molar-refractivity contribution in [1.82, 2.24) is 15.1 Å². The summed E-state index contributed by atoms with van der Waals surface area (Å²) in [6.07, 6.45) is -4.04. The van der Waals surface area contributed by atoms with Crippen LogP contribution < -0.4 is 0 Å². The third-order valence-corrected chi connectivity index (χ3v) is 3.99. The summed E-state index contributed by atoms with van der Waals surface area (Å²) in [7, 11) is 0. The molecule has 1 fully saturated rings. The van der Waals surface area contributed by atoms with Crippen molar-refractivity contribution >= 4 is 11.6 Å². The van der Waals surface area contributed by atoms with Gasteiger partial charge in [0.05, 0.1) is 11.6 Å². The van der Waals surface area contributed by atoms with Crippen LogP contribution in [-0.2, 0) is 6.54 Å². The van der Waals surface area contributed by atoms with Crippen LogP contribution in [0.4, 0.5) is 13.2 Å². The third kappa shape index (κ3) is 3.00. The summed E-state index contributed by atoms with van der Waals surface area (Å²) in [5, 5.41) is 7.87. The number of aromatic nitrogens is 2. The van der Waals surface area contributed by atoms with Gasteiger partial charge in [-0.3, -0.25) is 4.90 Å². The topological polar surface area (TPSA) is 29.0 Å². The zero-order valence-corrected chi connectivity index (χ0v) is 11.5. The van der Waals surface area contributed by atoms with Crippen LogP contribution in [-0.4, -0.2) is 33.4 Å². The van der Waals surface area contributed by atoms with E-state index in [4.69, 9.17) is 11.6 Å². The van der Waals surface area contributed by atoms with Gasteiger partial charge < -0.3 is 0 Å². The lowest BCUT2D eigenvalue weighted by Crippen LogP contribution is -2.46. The number of nitrogens with zero attached hydrogens (tertiary/aromatic N) is 3. The fourth-order valence-corrected chi connectivity index (χ4v) is 2.72. The van der Waals surface area contributed by atoms with Crippen LogP contribution in [0, 0.1) is 5.92 Å². The molecule has 1 aliphatic rings. The molecule has 1 saturated heterocycles. The Morgan fingerprint density at radius 3 is 2.53 bits per heavy atom. The summed E-state index contributed by atoms with van der Waals surface area (Å²) in [4.78, 5) is 1.79. The van der Waals surface area contributed by atoms with E-state index in [1.165, 1.54) is 0 Å². The molecule has 1 aromatic heterocycles. The van der Waals surface area contributed by atoms with Gasteiger partial charge in [-0.2, -0.15) is 18.3 Å². The molecule has 1 unspecified atom stereocenters. The van der Waals surface area contributed by atoms with E-state index in [-0.39, 0.29) is 11.6 Å². The number of hydrogen-bond donors (Lipinski definition) is 0. The molecule has 0 aromatic carbocycles. The van der Waals surface area contributed by atoms with Crippen LogP contribution >= 0.6 is 11.6 Å². The van der Waals surface area contributed by atoms with E-state index >= 15 is 0 Å². The molecule has 106 valence electrons. The number of alkyl halides is 3. The predicted molar refractivity (Wildman–Crippen MR) is 65.7 cm³/mol. The SMILES string of the molecule is CC1(C)C(C(F)(F)F)CCN1Cc1ccc(Cl)nn1. The minimum absolute atomic E-state index is 0.123. The fraction of sp³-hybridized carbons (Fsp3) is 0.667. The minimum Gasteiger partial charge on any atom is -0.292 e. The van der Waals surface area contributed by atoms with E-state index in [1.54, 1.807) is 30.9 Å². The molecular weight excluding hydrogens is 279 g/mol. The summed E-state index contributed by atoms with van der Waals surface area (Å²) in [5.74, 6) is -1.31. The van der Waals surface area contributed by atoms with Gasteiger partial charge in [0.1, 0.15) is 0 Å². The molecule has 3 nitrogen and oxygen atoms in total. The highest BCUT2D eigenvalue weighted by molar-refractivity contribution is 6.29. The first kappa shape index (κ1) is 14.5. The number of rotatable bonds is 2. The summed E-state index contributed by atoms with van der Waals surface area (Å²) >= 11 is 5.63. The maximum absolute atomic E-state index is 12.9. The van der Waals surface area contributed by atoms with Gasteiger partial charge in [-0.1, -0.05) is 11.6 Å². The molecule has 1 atom stereocenters. The number of hydrogen-bond acceptors (Lipinski definition) is 3. The Hall–Kier alpha value is -0.880. The van der Waals surface area contributed by atoms with Crippen molar-refractivity contribution in [3.05, 3.63) is 23.0 Å². The summed E-state index contributed by atoms with van der Waals surface area (Å²) in [6, 6.07) is 3.28. The quantitative estimate of drug-likeness (QED) is 0.838. The van der Waals surface area contributed by atoms with Crippen LogP contribution in [0.1, 0.15) is 26.0 Å². The lowest BCUT2D eigenvalue weighted by atomic mass is 9.88. The van der Waals surface area contributed by atoms with E-state index in [9.17, 15) is 13.2 Å². The van der Waals surface area contributed by atoms with Gasteiger partial charge in [0.15, 0.2) is 5.15 Å². The lowest BCUT2D eigenvalue weighted by Gasteiger charge is -2.36. The zero-order chi connectivity index (χ0) is 14.3. The van der Waals surface area contributed by atoms with Crippen molar-refractivity contribution in [2.45, 2.75) is 38.5 Å². The van der Waals surface area contributed by atoms with Crippen molar-refractivity contribution < 1.29 is 13.2 Å². The number of likely N-dealkylation sites (tertiary alicyclic amines) is 1. The molecule has 0 N–H and O–H groups in total. The van der Waals surface area contributed by atoms with Gasteiger partial charge in [0.2, 0.25) is 0 Å². The monoisotopic (exact) mass is 293 g/mol.